The predicted molar refractivity (Wildman–Crippen MR) is 55.2 cm³/mol. The molecule has 0 unspecified atom stereocenters. The molecule has 0 saturated carbocycles. The van der Waals surface area contributed by atoms with Crippen molar-refractivity contribution in [1.82, 2.24) is 15.0 Å². The number of ether oxygens (including phenoxy) is 2. The Morgan fingerprint density at radius 2 is 2.13 bits per heavy atom. The minimum Gasteiger partial charge on any atom is -0.379 e. The highest BCUT2D eigenvalue weighted by Gasteiger charge is 1.97. The fourth-order valence-electron chi connectivity index (χ4n) is 1.06. The predicted octanol–water partition coefficient (Wildman–Crippen LogP) is -0.210. The molecular formula is C9H18N4O2. The van der Waals surface area contributed by atoms with E-state index >= 15 is 0 Å². The lowest BCUT2D eigenvalue weighted by Crippen LogP contribution is -2.10. The first-order chi connectivity index (χ1) is 7.36. The lowest BCUT2D eigenvalue weighted by molar-refractivity contribution is 0.0486. The highest BCUT2D eigenvalue weighted by Crippen LogP contribution is 1.91. The standard InChI is InChI=1S/C9H18N4O2/c1-2-14-5-6-15-4-3-13-8-9(7-10)11-12-13/h8H,2-7,10H2,1H3. The molecule has 2 N–H and O–H groups in total. The third-order valence-corrected chi connectivity index (χ3v) is 1.84. The monoisotopic (exact) mass is 214 g/mol. The van der Waals surface area contributed by atoms with Gasteiger partial charge < -0.3 is 15.2 Å². The summed E-state index contributed by atoms with van der Waals surface area (Å²) in [5.41, 5.74) is 6.20. The van der Waals surface area contributed by atoms with Gasteiger partial charge in [-0.05, 0) is 6.92 Å². The second kappa shape index (κ2) is 7.33. The van der Waals surface area contributed by atoms with Crippen LogP contribution in [0.15, 0.2) is 6.20 Å². The quantitative estimate of drug-likeness (QED) is 0.606. The van der Waals surface area contributed by atoms with Crippen LogP contribution in [-0.4, -0.2) is 41.4 Å². The zero-order valence-corrected chi connectivity index (χ0v) is 9.06. The van der Waals surface area contributed by atoms with Crippen molar-refractivity contribution < 1.29 is 9.47 Å². The largest absolute Gasteiger partial charge is 0.379 e. The highest BCUT2D eigenvalue weighted by atomic mass is 16.5. The lowest BCUT2D eigenvalue weighted by Gasteiger charge is -2.03. The number of hydrogen-bond acceptors (Lipinski definition) is 5. The molecule has 1 aromatic heterocycles. The molecule has 0 aliphatic heterocycles. The first kappa shape index (κ1) is 12.1. The topological polar surface area (TPSA) is 75.2 Å². The van der Waals surface area contributed by atoms with E-state index in [1.54, 1.807) is 4.68 Å². The number of hydrogen-bond donors (Lipinski definition) is 1. The Bertz CT molecular complexity index is 264. The Morgan fingerprint density at radius 1 is 1.33 bits per heavy atom. The molecule has 0 saturated heterocycles. The summed E-state index contributed by atoms with van der Waals surface area (Å²) in [7, 11) is 0. The number of nitrogens with two attached hydrogens (primary N) is 1. The fraction of sp³-hybridized carbons (Fsp3) is 0.778. The summed E-state index contributed by atoms with van der Waals surface area (Å²) >= 11 is 0. The van der Waals surface area contributed by atoms with E-state index in [0.29, 0.717) is 32.9 Å². The maximum absolute atomic E-state index is 5.41. The molecule has 0 aliphatic carbocycles. The number of aromatic nitrogens is 3. The number of rotatable bonds is 8. The Balaban J connectivity index is 2.04. The molecule has 0 amide bonds. The molecule has 0 aromatic carbocycles. The summed E-state index contributed by atoms with van der Waals surface area (Å²) in [6.45, 7) is 5.68. The second-order valence-electron chi connectivity index (χ2n) is 2.99. The smallest absolute Gasteiger partial charge is 0.0962 e. The van der Waals surface area contributed by atoms with Gasteiger partial charge in [0.15, 0.2) is 0 Å². The number of nitrogens with zero attached hydrogens (tertiary/aromatic N) is 3. The molecule has 1 aromatic rings. The average molecular weight is 214 g/mol. The summed E-state index contributed by atoms with van der Waals surface area (Å²) in [6.07, 6.45) is 1.83. The Kier molecular flexibility index (Phi) is 5.91. The maximum Gasteiger partial charge on any atom is 0.0962 e. The molecule has 0 bridgehead atoms. The van der Waals surface area contributed by atoms with E-state index in [2.05, 4.69) is 10.3 Å². The third-order valence-electron chi connectivity index (χ3n) is 1.84. The van der Waals surface area contributed by atoms with E-state index in [-0.39, 0.29) is 0 Å². The van der Waals surface area contributed by atoms with Gasteiger partial charge in [-0.3, -0.25) is 0 Å². The van der Waals surface area contributed by atoms with Gasteiger partial charge in [-0.1, -0.05) is 5.21 Å². The van der Waals surface area contributed by atoms with Crippen LogP contribution in [0.1, 0.15) is 12.6 Å². The fourth-order valence-corrected chi connectivity index (χ4v) is 1.06. The van der Waals surface area contributed by atoms with Gasteiger partial charge >= 0.3 is 0 Å². The van der Waals surface area contributed by atoms with Crippen LogP contribution in [0.25, 0.3) is 0 Å². The molecule has 1 heterocycles. The van der Waals surface area contributed by atoms with Gasteiger partial charge in [-0.15, -0.1) is 5.10 Å². The van der Waals surface area contributed by atoms with Gasteiger partial charge in [0.2, 0.25) is 0 Å². The van der Waals surface area contributed by atoms with Gasteiger partial charge in [-0.25, -0.2) is 4.68 Å². The van der Waals surface area contributed by atoms with E-state index < -0.39 is 0 Å². The van der Waals surface area contributed by atoms with Crippen molar-refractivity contribution in [2.24, 2.45) is 5.73 Å². The summed E-state index contributed by atoms with van der Waals surface area (Å²) in [4.78, 5) is 0. The van der Waals surface area contributed by atoms with E-state index in [0.717, 1.165) is 12.3 Å². The van der Waals surface area contributed by atoms with Crippen molar-refractivity contribution in [1.29, 1.82) is 0 Å². The van der Waals surface area contributed by atoms with E-state index in [1.165, 1.54) is 0 Å². The van der Waals surface area contributed by atoms with E-state index in [9.17, 15) is 0 Å². The first-order valence-electron chi connectivity index (χ1n) is 5.11. The maximum atomic E-state index is 5.41. The van der Waals surface area contributed by atoms with Crippen LogP contribution in [0.5, 0.6) is 0 Å². The SMILES string of the molecule is CCOCCOCCn1cc(CN)nn1. The van der Waals surface area contributed by atoms with Crippen LogP contribution in [0.2, 0.25) is 0 Å². The van der Waals surface area contributed by atoms with Crippen molar-refractivity contribution in [3.8, 4) is 0 Å². The molecule has 0 radical (unpaired) electrons. The van der Waals surface area contributed by atoms with Gasteiger partial charge in [-0.2, -0.15) is 0 Å². The zero-order chi connectivity index (χ0) is 10.9. The van der Waals surface area contributed by atoms with Gasteiger partial charge in [0.25, 0.3) is 0 Å². The molecule has 0 atom stereocenters. The van der Waals surface area contributed by atoms with E-state index in [1.807, 2.05) is 13.1 Å². The molecule has 0 fully saturated rings. The molecule has 0 spiro atoms. The van der Waals surface area contributed by atoms with Crippen LogP contribution >= 0.6 is 0 Å². The van der Waals surface area contributed by atoms with Crippen LogP contribution in [-0.2, 0) is 22.6 Å². The van der Waals surface area contributed by atoms with Crippen molar-refractivity contribution in [3.05, 3.63) is 11.9 Å². The highest BCUT2D eigenvalue weighted by molar-refractivity contribution is 4.90. The minimum atomic E-state index is 0.422. The lowest BCUT2D eigenvalue weighted by atomic mass is 10.5. The summed E-state index contributed by atoms with van der Waals surface area (Å²) < 4.78 is 12.2. The molecular weight excluding hydrogens is 196 g/mol. The third kappa shape index (κ3) is 4.87. The van der Waals surface area contributed by atoms with Crippen LogP contribution < -0.4 is 5.73 Å². The summed E-state index contributed by atoms with van der Waals surface area (Å²) in [6, 6.07) is 0. The van der Waals surface area contributed by atoms with Crippen LogP contribution in [0.4, 0.5) is 0 Å². The van der Waals surface area contributed by atoms with Crippen LogP contribution in [0, 0.1) is 0 Å². The summed E-state index contributed by atoms with van der Waals surface area (Å²) in [5.74, 6) is 0. The molecule has 6 heteroatoms. The Morgan fingerprint density at radius 3 is 2.80 bits per heavy atom. The molecule has 15 heavy (non-hydrogen) atoms. The van der Waals surface area contributed by atoms with Crippen molar-refractivity contribution in [2.45, 2.75) is 20.0 Å². The minimum absolute atomic E-state index is 0.422. The van der Waals surface area contributed by atoms with Gasteiger partial charge in [0.1, 0.15) is 0 Å². The summed E-state index contributed by atoms with van der Waals surface area (Å²) in [5, 5.41) is 7.77. The molecule has 86 valence electrons. The zero-order valence-electron chi connectivity index (χ0n) is 9.06. The Hall–Kier alpha value is -0.980. The first-order valence-corrected chi connectivity index (χ1v) is 5.11. The molecule has 0 aliphatic rings. The molecule has 6 nitrogen and oxygen atoms in total. The normalized spacial score (nSPS) is 10.8. The average Bonchev–Trinajstić information content (AvgIpc) is 2.71. The second-order valence-corrected chi connectivity index (χ2v) is 2.99. The Labute approximate surface area is 89.3 Å². The van der Waals surface area contributed by atoms with Crippen molar-refractivity contribution >= 4 is 0 Å². The van der Waals surface area contributed by atoms with Crippen molar-refractivity contribution in [2.75, 3.05) is 26.4 Å². The van der Waals surface area contributed by atoms with Gasteiger partial charge in [0, 0.05) is 19.3 Å². The van der Waals surface area contributed by atoms with E-state index in [4.69, 9.17) is 15.2 Å². The van der Waals surface area contributed by atoms with Gasteiger partial charge in [0.05, 0.1) is 32.1 Å². The van der Waals surface area contributed by atoms with Crippen LogP contribution in [0.3, 0.4) is 0 Å². The van der Waals surface area contributed by atoms with Crippen molar-refractivity contribution in [3.63, 3.8) is 0 Å². The molecule has 1 rings (SSSR count).